The van der Waals surface area contributed by atoms with Crippen molar-refractivity contribution in [1.82, 2.24) is 0 Å². The molecule has 0 aliphatic rings. The van der Waals surface area contributed by atoms with Crippen LogP contribution in [-0.2, 0) is 4.79 Å². The fourth-order valence-electron chi connectivity index (χ4n) is 3.67. The molecule has 0 atom stereocenters. The monoisotopic (exact) mass is 535 g/mol. The van der Waals surface area contributed by atoms with Crippen molar-refractivity contribution in [3.63, 3.8) is 0 Å². The predicted molar refractivity (Wildman–Crippen MR) is 124 cm³/mol. The fraction of sp³-hybridized carbons (Fsp3) is 0.154. The minimum Gasteiger partial charge on any atom is -0.493 e. The summed E-state index contributed by atoms with van der Waals surface area (Å²) in [7, 11) is 2.90. The SMILES string of the molecule is COc1ccc(C(=O)c2oc3cc(NC(=O)COc4c(F)c(F)c(F)c(F)c4F)ccc3c2C)cc1OC. The number of furan rings is 1. The average molecular weight is 535 g/mol. The molecular weight excluding hydrogens is 517 g/mol. The lowest BCUT2D eigenvalue weighted by atomic mass is 10.0. The molecule has 12 heteroatoms. The molecule has 1 N–H and O–H groups in total. The van der Waals surface area contributed by atoms with E-state index in [0.29, 0.717) is 22.4 Å². The molecular formula is C26H18F5NO6. The molecule has 7 nitrogen and oxygen atoms in total. The number of hydrogen-bond donors (Lipinski definition) is 1. The largest absolute Gasteiger partial charge is 0.493 e. The summed E-state index contributed by atoms with van der Waals surface area (Å²) in [6.07, 6.45) is 0. The van der Waals surface area contributed by atoms with Crippen LogP contribution in [0.3, 0.4) is 0 Å². The maximum absolute atomic E-state index is 13.7. The molecule has 3 aromatic carbocycles. The standard InChI is InChI=1S/C26H18F5NO6/c1-11-14-6-5-13(32-18(33)10-37-26-22(30)20(28)19(27)21(29)23(26)31)9-16(14)38-25(11)24(34)12-4-7-15(35-2)17(8-12)36-3/h4-9H,10H2,1-3H3,(H,32,33). The number of ether oxygens (including phenoxy) is 3. The van der Waals surface area contributed by atoms with Gasteiger partial charge in [-0.15, -0.1) is 0 Å². The van der Waals surface area contributed by atoms with Crippen LogP contribution in [0.1, 0.15) is 21.7 Å². The van der Waals surface area contributed by atoms with Crippen LogP contribution in [0.4, 0.5) is 27.6 Å². The van der Waals surface area contributed by atoms with Gasteiger partial charge in [-0.1, -0.05) is 0 Å². The lowest BCUT2D eigenvalue weighted by Crippen LogP contribution is -2.21. The number of halogens is 5. The maximum atomic E-state index is 13.7. The summed E-state index contributed by atoms with van der Waals surface area (Å²) in [6.45, 7) is 0.618. The summed E-state index contributed by atoms with van der Waals surface area (Å²) < 4.78 is 87.9. The predicted octanol–water partition coefficient (Wildman–Crippen LogP) is 5.70. The molecule has 0 bridgehead atoms. The highest BCUT2D eigenvalue weighted by Crippen LogP contribution is 2.33. The summed E-state index contributed by atoms with van der Waals surface area (Å²) in [4.78, 5) is 25.3. The molecule has 4 rings (SSSR count). The van der Waals surface area contributed by atoms with Gasteiger partial charge in [-0.25, -0.2) is 13.2 Å². The molecule has 0 unspecified atom stereocenters. The molecule has 0 radical (unpaired) electrons. The van der Waals surface area contributed by atoms with Gasteiger partial charge < -0.3 is 23.9 Å². The molecule has 0 saturated heterocycles. The highest BCUT2D eigenvalue weighted by Gasteiger charge is 2.27. The van der Waals surface area contributed by atoms with Crippen LogP contribution in [0, 0.1) is 36.0 Å². The number of methoxy groups -OCH3 is 2. The van der Waals surface area contributed by atoms with Gasteiger partial charge in [-0.3, -0.25) is 9.59 Å². The fourth-order valence-corrected chi connectivity index (χ4v) is 3.67. The highest BCUT2D eigenvalue weighted by molar-refractivity contribution is 6.11. The van der Waals surface area contributed by atoms with Crippen molar-refractivity contribution in [3.05, 3.63) is 82.4 Å². The Bertz CT molecular complexity index is 1550. The number of amides is 1. The molecule has 1 aromatic heterocycles. The second-order valence-electron chi connectivity index (χ2n) is 7.90. The number of nitrogens with one attached hydrogen (secondary N) is 1. The van der Waals surface area contributed by atoms with E-state index in [1.165, 1.54) is 32.4 Å². The molecule has 0 spiro atoms. The lowest BCUT2D eigenvalue weighted by molar-refractivity contribution is -0.118. The number of fused-ring (bicyclic) bond motifs is 1. The zero-order chi connectivity index (χ0) is 27.7. The Morgan fingerprint density at radius 1 is 0.842 bits per heavy atom. The van der Waals surface area contributed by atoms with Gasteiger partial charge in [0.1, 0.15) is 5.58 Å². The summed E-state index contributed by atoms with van der Waals surface area (Å²) in [6, 6.07) is 9.05. The quantitative estimate of drug-likeness (QED) is 0.135. The first-order chi connectivity index (χ1) is 18.1. The Balaban J connectivity index is 1.52. The van der Waals surface area contributed by atoms with Gasteiger partial charge in [0, 0.05) is 28.3 Å². The second-order valence-corrected chi connectivity index (χ2v) is 7.90. The molecule has 0 fully saturated rings. The van der Waals surface area contributed by atoms with E-state index in [4.69, 9.17) is 13.9 Å². The van der Waals surface area contributed by atoms with Gasteiger partial charge >= 0.3 is 0 Å². The van der Waals surface area contributed by atoms with E-state index < -0.39 is 53.1 Å². The van der Waals surface area contributed by atoms with E-state index >= 15 is 0 Å². The number of ketones is 1. The van der Waals surface area contributed by atoms with Crippen molar-refractivity contribution in [2.24, 2.45) is 0 Å². The zero-order valence-corrected chi connectivity index (χ0v) is 20.0. The third kappa shape index (κ3) is 4.72. The lowest BCUT2D eigenvalue weighted by Gasteiger charge is -2.10. The van der Waals surface area contributed by atoms with Crippen LogP contribution in [-0.4, -0.2) is 32.5 Å². The number of rotatable bonds is 8. The second kappa shape index (κ2) is 10.4. The summed E-state index contributed by atoms with van der Waals surface area (Å²) >= 11 is 0. The van der Waals surface area contributed by atoms with Gasteiger partial charge in [0.15, 0.2) is 29.6 Å². The van der Waals surface area contributed by atoms with Gasteiger partial charge in [0.05, 0.1) is 14.2 Å². The van der Waals surface area contributed by atoms with Crippen molar-refractivity contribution >= 4 is 28.3 Å². The Labute approximate surface area is 211 Å². The first kappa shape index (κ1) is 26.5. The summed E-state index contributed by atoms with van der Waals surface area (Å²) in [5.74, 6) is -13.3. The van der Waals surface area contributed by atoms with E-state index in [2.05, 4.69) is 10.1 Å². The molecule has 38 heavy (non-hydrogen) atoms. The summed E-state index contributed by atoms with van der Waals surface area (Å²) in [5.41, 5.74) is 1.21. The van der Waals surface area contributed by atoms with E-state index in [-0.39, 0.29) is 22.6 Å². The normalized spacial score (nSPS) is 10.9. The van der Waals surface area contributed by atoms with Gasteiger partial charge in [-0.2, -0.15) is 8.78 Å². The van der Waals surface area contributed by atoms with Crippen molar-refractivity contribution in [2.75, 3.05) is 26.1 Å². The average Bonchev–Trinajstić information content (AvgIpc) is 3.25. The minimum atomic E-state index is -2.34. The van der Waals surface area contributed by atoms with Crippen molar-refractivity contribution in [3.8, 4) is 17.2 Å². The number of carbonyl (C=O) groups is 2. The summed E-state index contributed by atoms with van der Waals surface area (Å²) in [5, 5.41) is 2.93. The molecule has 0 saturated carbocycles. The van der Waals surface area contributed by atoms with Crippen molar-refractivity contribution in [1.29, 1.82) is 0 Å². The van der Waals surface area contributed by atoms with Gasteiger partial charge in [-0.05, 0) is 37.3 Å². The van der Waals surface area contributed by atoms with E-state index in [1.807, 2.05) is 0 Å². The Morgan fingerprint density at radius 2 is 1.47 bits per heavy atom. The van der Waals surface area contributed by atoms with E-state index in [9.17, 15) is 31.5 Å². The van der Waals surface area contributed by atoms with Crippen LogP contribution < -0.4 is 19.5 Å². The van der Waals surface area contributed by atoms with Crippen LogP contribution in [0.15, 0.2) is 40.8 Å². The van der Waals surface area contributed by atoms with E-state index in [1.54, 1.807) is 25.1 Å². The van der Waals surface area contributed by atoms with Crippen LogP contribution in [0.25, 0.3) is 11.0 Å². The Hall–Kier alpha value is -4.61. The first-order valence-corrected chi connectivity index (χ1v) is 10.8. The molecule has 4 aromatic rings. The third-order valence-corrected chi connectivity index (χ3v) is 5.59. The molecule has 0 aliphatic heterocycles. The van der Waals surface area contributed by atoms with Crippen molar-refractivity contribution in [2.45, 2.75) is 6.92 Å². The Kier molecular flexibility index (Phi) is 7.24. The topological polar surface area (TPSA) is 87.0 Å². The smallest absolute Gasteiger partial charge is 0.262 e. The number of hydrogen-bond acceptors (Lipinski definition) is 6. The molecule has 1 amide bonds. The molecule has 198 valence electrons. The number of carbonyl (C=O) groups excluding carboxylic acids is 2. The number of anilines is 1. The van der Waals surface area contributed by atoms with Crippen LogP contribution >= 0.6 is 0 Å². The van der Waals surface area contributed by atoms with Gasteiger partial charge in [0.25, 0.3) is 5.91 Å². The van der Waals surface area contributed by atoms with E-state index in [0.717, 1.165) is 0 Å². The van der Waals surface area contributed by atoms with Crippen LogP contribution in [0.2, 0.25) is 0 Å². The Morgan fingerprint density at radius 3 is 2.11 bits per heavy atom. The highest BCUT2D eigenvalue weighted by atomic mass is 19.2. The maximum Gasteiger partial charge on any atom is 0.262 e. The first-order valence-electron chi connectivity index (χ1n) is 10.8. The molecule has 1 heterocycles. The van der Waals surface area contributed by atoms with Gasteiger partial charge in [0.2, 0.25) is 34.9 Å². The third-order valence-electron chi connectivity index (χ3n) is 5.59. The number of aryl methyl sites for hydroxylation is 1. The minimum absolute atomic E-state index is 0.0466. The van der Waals surface area contributed by atoms with Crippen LogP contribution in [0.5, 0.6) is 17.2 Å². The number of benzene rings is 3. The van der Waals surface area contributed by atoms with Crippen molar-refractivity contribution < 1.29 is 50.2 Å². The zero-order valence-electron chi connectivity index (χ0n) is 20.0. The molecule has 0 aliphatic carbocycles.